The molecule has 0 fully saturated rings. The predicted molar refractivity (Wildman–Crippen MR) is 84.4 cm³/mol. The lowest BCUT2D eigenvalue weighted by Crippen LogP contribution is -2.41. The van der Waals surface area contributed by atoms with E-state index in [4.69, 9.17) is 5.73 Å². The highest BCUT2D eigenvalue weighted by molar-refractivity contribution is 5.90. The third-order valence-corrected chi connectivity index (χ3v) is 3.45. The van der Waals surface area contributed by atoms with E-state index < -0.39 is 17.9 Å². The fourth-order valence-electron chi connectivity index (χ4n) is 2.29. The highest BCUT2D eigenvalue weighted by Gasteiger charge is 2.48. The zero-order chi connectivity index (χ0) is 15.6. The van der Waals surface area contributed by atoms with E-state index in [2.05, 4.69) is 4.74 Å². The summed E-state index contributed by atoms with van der Waals surface area (Å²) < 4.78 is 32.6. The van der Waals surface area contributed by atoms with Gasteiger partial charge in [0.1, 0.15) is 6.04 Å². The quantitative estimate of drug-likeness (QED) is 0.869. The summed E-state index contributed by atoms with van der Waals surface area (Å²) in [6.45, 7) is 3.25. The molecule has 3 nitrogen and oxygen atoms in total. The maximum absolute atomic E-state index is 14.1. The Labute approximate surface area is 133 Å². The van der Waals surface area contributed by atoms with Crippen molar-refractivity contribution in [3.8, 4) is 0 Å². The maximum atomic E-state index is 14.1. The molecule has 2 rings (SSSR count). The van der Waals surface area contributed by atoms with Crippen molar-refractivity contribution in [2.45, 2.75) is 25.8 Å². The molecule has 0 amide bonds. The lowest BCUT2D eigenvalue weighted by molar-refractivity contribution is -0.174. The van der Waals surface area contributed by atoms with Crippen LogP contribution in [0.15, 0.2) is 36.4 Å². The number of benzene rings is 2. The highest BCUT2D eigenvalue weighted by Crippen LogP contribution is 2.35. The summed E-state index contributed by atoms with van der Waals surface area (Å²) in [5.41, 5.74) is 6.86. The van der Waals surface area contributed by atoms with E-state index >= 15 is 0 Å². The molecule has 0 saturated carbocycles. The molecule has 1 atom stereocenters. The second-order valence-electron chi connectivity index (χ2n) is 4.84. The molecule has 120 valence electrons. The predicted octanol–water partition coefficient (Wildman–Crippen LogP) is 3.77. The minimum Gasteiger partial charge on any atom is -0.462 e. The van der Waals surface area contributed by atoms with Crippen LogP contribution in [-0.4, -0.2) is 18.5 Å². The van der Waals surface area contributed by atoms with Crippen molar-refractivity contribution in [1.82, 2.24) is 0 Å². The average Bonchev–Trinajstić information content (AvgIpc) is 2.47. The third kappa shape index (κ3) is 3.20. The topological polar surface area (TPSA) is 52.3 Å². The van der Waals surface area contributed by atoms with Crippen LogP contribution in [0.3, 0.4) is 0 Å². The molecule has 2 N–H and O–H groups in total. The second-order valence-corrected chi connectivity index (χ2v) is 4.84. The molecule has 0 unspecified atom stereocenters. The molecule has 0 radical (unpaired) electrons. The summed E-state index contributed by atoms with van der Waals surface area (Å²) >= 11 is 0. The van der Waals surface area contributed by atoms with E-state index in [-0.39, 0.29) is 24.6 Å². The zero-order valence-corrected chi connectivity index (χ0v) is 13.1. The van der Waals surface area contributed by atoms with Gasteiger partial charge >= 0.3 is 11.9 Å². The molecule has 0 saturated heterocycles. The first kappa shape index (κ1) is 18.3. The van der Waals surface area contributed by atoms with Gasteiger partial charge in [-0.3, -0.25) is 0 Å². The third-order valence-electron chi connectivity index (χ3n) is 3.45. The van der Waals surface area contributed by atoms with Crippen molar-refractivity contribution in [2.75, 3.05) is 6.61 Å². The van der Waals surface area contributed by atoms with E-state index in [1.165, 1.54) is 13.0 Å². The maximum Gasteiger partial charge on any atom is 0.379 e. The van der Waals surface area contributed by atoms with E-state index in [0.29, 0.717) is 5.39 Å². The Bertz CT molecular complexity index is 676. The van der Waals surface area contributed by atoms with Crippen LogP contribution in [0.4, 0.5) is 8.78 Å². The number of carbonyl (C=O) groups excluding carboxylic acids is 1. The van der Waals surface area contributed by atoms with Crippen molar-refractivity contribution in [2.24, 2.45) is 5.73 Å². The second kappa shape index (κ2) is 7.03. The van der Waals surface area contributed by atoms with Gasteiger partial charge in [0.15, 0.2) is 0 Å². The van der Waals surface area contributed by atoms with Gasteiger partial charge in [-0.2, -0.15) is 8.78 Å². The SMILES string of the molecule is CCOC(=O)C(F)(F)[C@@H](N)c1ccc(C)c2ccccc12.Cl. The highest BCUT2D eigenvalue weighted by atomic mass is 35.5. The number of nitrogens with two attached hydrogens (primary N) is 1. The van der Waals surface area contributed by atoms with Crippen LogP contribution in [-0.2, 0) is 9.53 Å². The summed E-state index contributed by atoms with van der Waals surface area (Å²) in [6.07, 6.45) is 0. The van der Waals surface area contributed by atoms with Crippen LogP contribution >= 0.6 is 12.4 Å². The first-order valence-corrected chi connectivity index (χ1v) is 6.68. The average molecular weight is 330 g/mol. The Morgan fingerprint density at radius 3 is 2.41 bits per heavy atom. The molecular weight excluding hydrogens is 312 g/mol. The van der Waals surface area contributed by atoms with Crippen LogP contribution in [0, 0.1) is 6.92 Å². The Balaban J connectivity index is 0.00000242. The molecule has 0 aliphatic rings. The van der Waals surface area contributed by atoms with Crippen molar-refractivity contribution in [1.29, 1.82) is 0 Å². The molecule has 0 aliphatic carbocycles. The summed E-state index contributed by atoms with van der Waals surface area (Å²) in [6, 6.07) is 8.65. The summed E-state index contributed by atoms with van der Waals surface area (Å²) in [7, 11) is 0. The van der Waals surface area contributed by atoms with Gasteiger partial charge in [0.25, 0.3) is 0 Å². The number of fused-ring (bicyclic) bond motifs is 1. The van der Waals surface area contributed by atoms with Crippen LogP contribution in [0.1, 0.15) is 24.1 Å². The first-order valence-electron chi connectivity index (χ1n) is 6.68. The largest absolute Gasteiger partial charge is 0.462 e. The number of esters is 1. The Hall–Kier alpha value is -1.72. The minimum absolute atomic E-state index is 0. The zero-order valence-electron chi connectivity index (χ0n) is 12.3. The number of rotatable bonds is 4. The van der Waals surface area contributed by atoms with Gasteiger partial charge in [0, 0.05) is 0 Å². The van der Waals surface area contributed by atoms with E-state index in [9.17, 15) is 13.6 Å². The van der Waals surface area contributed by atoms with E-state index in [1.807, 2.05) is 19.1 Å². The van der Waals surface area contributed by atoms with Crippen molar-refractivity contribution in [3.63, 3.8) is 0 Å². The lowest BCUT2D eigenvalue weighted by Gasteiger charge is -2.23. The number of carbonyl (C=O) groups is 1. The van der Waals surface area contributed by atoms with Gasteiger partial charge < -0.3 is 10.5 Å². The Kier molecular flexibility index (Phi) is 5.85. The monoisotopic (exact) mass is 329 g/mol. The number of alkyl halides is 2. The molecule has 0 heterocycles. The molecule has 2 aromatic rings. The molecular formula is C16H18ClF2NO2. The number of hydrogen-bond donors (Lipinski definition) is 1. The Morgan fingerprint density at radius 1 is 1.23 bits per heavy atom. The molecule has 6 heteroatoms. The smallest absolute Gasteiger partial charge is 0.379 e. The van der Waals surface area contributed by atoms with Gasteiger partial charge in [-0.15, -0.1) is 12.4 Å². The minimum atomic E-state index is -3.77. The Morgan fingerprint density at radius 2 is 1.82 bits per heavy atom. The normalized spacial score (nSPS) is 12.6. The van der Waals surface area contributed by atoms with E-state index in [0.717, 1.165) is 10.9 Å². The molecule has 0 spiro atoms. The summed E-state index contributed by atoms with van der Waals surface area (Å²) in [5.74, 6) is -5.37. The number of hydrogen-bond acceptors (Lipinski definition) is 3. The van der Waals surface area contributed by atoms with Gasteiger partial charge in [0.05, 0.1) is 6.61 Å². The number of ether oxygens (including phenoxy) is 1. The van der Waals surface area contributed by atoms with Crippen LogP contribution in [0.2, 0.25) is 0 Å². The van der Waals surface area contributed by atoms with Crippen molar-refractivity contribution < 1.29 is 18.3 Å². The van der Waals surface area contributed by atoms with Crippen molar-refractivity contribution in [3.05, 3.63) is 47.5 Å². The van der Waals surface area contributed by atoms with Gasteiger partial charge in [-0.1, -0.05) is 36.4 Å². The number of halogens is 3. The molecule has 0 aliphatic heterocycles. The van der Waals surface area contributed by atoms with Gasteiger partial charge in [-0.05, 0) is 35.7 Å². The van der Waals surface area contributed by atoms with Crippen LogP contribution < -0.4 is 5.73 Å². The van der Waals surface area contributed by atoms with E-state index in [1.54, 1.807) is 18.2 Å². The first-order chi connectivity index (χ1) is 9.89. The number of aryl methyl sites for hydroxylation is 1. The van der Waals surface area contributed by atoms with Crippen molar-refractivity contribution >= 4 is 29.1 Å². The standard InChI is InChI=1S/C16H17F2NO2.ClH/c1-3-21-15(20)16(17,18)14(19)13-9-8-10(2)11-6-4-5-7-12(11)13;/h4-9,14H,3,19H2,1-2H3;1H/t14-;/m0./s1. The molecule has 0 bridgehead atoms. The molecule has 22 heavy (non-hydrogen) atoms. The van der Waals surface area contributed by atoms with Gasteiger partial charge in [-0.25, -0.2) is 4.79 Å². The lowest BCUT2D eigenvalue weighted by atomic mass is 9.93. The van der Waals surface area contributed by atoms with Crippen LogP contribution in [0.5, 0.6) is 0 Å². The summed E-state index contributed by atoms with van der Waals surface area (Å²) in [5, 5.41) is 1.46. The summed E-state index contributed by atoms with van der Waals surface area (Å²) in [4.78, 5) is 11.4. The molecule has 0 aromatic heterocycles. The fraction of sp³-hybridized carbons (Fsp3) is 0.312. The van der Waals surface area contributed by atoms with Crippen LogP contribution in [0.25, 0.3) is 10.8 Å². The fourth-order valence-corrected chi connectivity index (χ4v) is 2.29. The molecule has 2 aromatic carbocycles. The van der Waals surface area contributed by atoms with Gasteiger partial charge in [0.2, 0.25) is 0 Å².